The maximum absolute atomic E-state index is 15.4. The Hall–Kier alpha value is -5.07. The summed E-state index contributed by atoms with van der Waals surface area (Å²) in [5, 5.41) is 18.4. The van der Waals surface area contributed by atoms with Crippen LogP contribution in [0.5, 0.6) is 5.88 Å². The Bertz CT molecular complexity index is 1790. The summed E-state index contributed by atoms with van der Waals surface area (Å²) in [6.07, 6.45) is 1.32. The third kappa shape index (κ3) is 5.64. The van der Waals surface area contributed by atoms with Crippen LogP contribution in [0, 0.1) is 17.1 Å². The van der Waals surface area contributed by atoms with E-state index in [-0.39, 0.29) is 18.3 Å². The summed E-state index contributed by atoms with van der Waals surface area (Å²) < 4.78 is 28.8. The monoisotopic (exact) mass is 548 g/mol. The van der Waals surface area contributed by atoms with E-state index >= 15 is 4.39 Å². The van der Waals surface area contributed by atoms with Crippen molar-refractivity contribution in [1.82, 2.24) is 14.5 Å². The molecular weight excluding hydrogens is 523 g/mol. The Labute approximate surface area is 235 Å². The number of hydrogen-bond donors (Lipinski definition) is 1. The number of carboxylic acid groups (broad SMARTS) is 1. The number of aromatic nitrogens is 3. The Morgan fingerprint density at radius 3 is 2.59 bits per heavy atom. The van der Waals surface area contributed by atoms with Gasteiger partial charge in [0, 0.05) is 24.7 Å². The van der Waals surface area contributed by atoms with E-state index in [9.17, 15) is 9.90 Å². The lowest BCUT2D eigenvalue weighted by atomic mass is 10.1. The largest absolute Gasteiger partial charge is 0.478 e. The molecule has 2 aromatic heterocycles. The van der Waals surface area contributed by atoms with Crippen LogP contribution in [0.2, 0.25) is 0 Å². The van der Waals surface area contributed by atoms with Gasteiger partial charge >= 0.3 is 5.97 Å². The first-order valence-corrected chi connectivity index (χ1v) is 13.2. The zero-order valence-corrected chi connectivity index (χ0v) is 22.0. The van der Waals surface area contributed by atoms with E-state index in [1.54, 1.807) is 48.5 Å². The van der Waals surface area contributed by atoms with Crippen LogP contribution in [0.15, 0.2) is 78.9 Å². The number of fused-ring (bicyclic) bond motifs is 1. The fourth-order valence-corrected chi connectivity index (χ4v) is 4.81. The van der Waals surface area contributed by atoms with Gasteiger partial charge in [-0.2, -0.15) is 5.26 Å². The number of ether oxygens (including phenoxy) is 2. The molecule has 0 amide bonds. The minimum atomic E-state index is -1.00. The highest BCUT2D eigenvalue weighted by atomic mass is 19.1. The molecule has 5 aromatic rings. The van der Waals surface area contributed by atoms with Crippen molar-refractivity contribution in [2.75, 3.05) is 6.61 Å². The first-order chi connectivity index (χ1) is 20.0. The number of carboxylic acids is 1. The van der Waals surface area contributed by atoms with Crippen LogP contribution in [0.25, 0.3) is 22.3 Å². The first-order valence-electron chi connectivity index (χ1n) is 13.2. The molecule has 1 N–H and O–H groups in total. The molecule has 6 rings (SSSR count). The summed E-state index contributed by atoms with van der Waals surface area (Å²) in [6, 6.07) is 24.3. The molecule has 1 fully saturated rings. The summed E-state index contributed by atoms with van der Waals surface area (Å²) in [5.41, 5.74) is 4.57. The standard InChI is InChI=1S/C32H25FN4O4/c33-26-14-22(15-30-35-28-11-9-23(32(38)39)16-29(28)37(30)18-24-12-13-40-24)8-10-25(26)27-2-1-3-31(36-27)41-19-21-6-4-20(17-34)5-7-21/h1-11,14,16,24H,12-13,15,18-19H2,(H,38,39)/t24-/m0/s1. The van der Waals surface area contributed by atoms with Crippen LogP contribution in [0.1, 0.15) is 39.3 Å². The molecule has 204 valence electrons. The van der Waals surface area contributed by atoms with Crippen molar-refractivity contribution in [3.8, 4) is 23.2 Å². The van der Waals surface area contributed by atoms with Gasteiger partial charge in [-0.1, -0.05) is 24.3 Å². The number of nitrogens with zero attached hydrogens (tertiary/aromatic N) is 4. The molecule has 9 heteroatoms. The van der Waals surface area contributed by atoms with Gasteiger partial charge in [0.1, 0.15) is 18.2 Å². The predicted molar refractivity (Wildman–Crippen MR) is 149 cm³/mol. The van der Waals surface area contributed by atoms with Crippen LogP contribution in [0.3, 0.4) is 0 Å². The molecule has 3 heterocycles. The fraction of sp³-hybridized carbons (Fsp3) is 0.188. The Balaban J connectivity index is 1.22. The van der Waals surface area contributed by atoms with E-state index in [1.807, 2.05) is 22.8 Å². The zero-order chi connectivity index (χ0) is 28.3. The van der Waals surface area contributed by atoms with Crippen LogP contribution >= 0.6 is 0 Å². The van der Waals surface area contributed by atoms with E-state index in [0.717, 1.165) is 23.1 Å². The van der Waals surface area contributed by atoms with Gasteiger partial charge in [0.25, 0.3) is 0 Å². The van der Waals surface area contributed by atoms with Crippen LogP contribution < -0.4 is 4.74 Å². The normalized spacial score (nSPS) is 14.4. The minimum Gasteiger partial charge on any atom is -0.478 e. The van der Waals surface area contributed by atoms with E-state index in [2.05, 4.69) is 11.1 Å². The Morgan fingerprint density at radius 1 is 1.07 bits per heavy atom. The number of carbonyl (C=O) groups is 1. The number of aromatic carboxylic acids is 1. The number of hydrogen-bond acceptors (Lipinski definition) is 6. The van der Waals surface area contributed by atoms with Gasteiger partial charge < -0.3 is 19.1 Å². The molecular formula is C32H25FN4O4. The van der Waals surface area contributed by atoms with Crippen LogP contribution in [-0.2, 0) is 24.3 Å². The molecule has 0 spiro atoms. The lowest BCUT2D eigenvalue weighted by molar-refractivity contribution is -0.0589. The second-order valence-electron chi connectivity index (χ2n) is 9.88. The highest BCUT2D eigenvalue weighted by Gasteiger charge is 2.23. The van der Waals surface area contributed by atoms with Crippen molar-refractivity contribution < 1.29 is 23.8 Å². The van der Waals surface area contributed by atoms with Gasteiger partial charge in [-0.15, -0.1) is 0 Å². The summed E-state index contributed by atoms with van der Waals surface area (Å²) in [4.78, 5) is 20.8. The summed E-state index contributed by atoms with van der Waals surface area (Å²) in [5.74, 6) is -0.349. The Morgan fingerprint density at radius 2 is 1.88 bits per heavy atom. The zero-order valence-electron chi connectivity index (χ0n) is 22.0. The molecule has 1 aliphatic heterocycles. The molecule has 0 saturated carbocycles. The van der Waals surface area contributed by atoms with Gasteiger partial charge in [0.2, 0.25) is 5.88 Å². The first kappa shape index (κ1) is 26.2. The van der Waals surface area contributed by atoms with Gasteiger partial charge in [0.15, 0.2) is 0 Å². The molecule has 0 radical (unpaired) electrons. The SMILES string of the molecule is N#Cc1ccc(COc2cccc(-c3ccc(Cc4nc5ccc(C(=O)O)cc5n4C[C@@H]4CCO4)cc3F)n2)cc1. The second-order valence-corrected chi connectivity index (χ2v) is 9.88. The molecule has 0 bridgehead atoms. The topological polar surface area (TPSA) is 110 Å². The molecule has 0 unspecified atom stereocenters. The smallest absolute Gasteiger partial charge is 0.335 e. The molecule has 1 saturated heterocycles. The highest BCUT2D eigenvalue weighted by Crippen LogP contribution is 2.27. The van der Waals surface area contributed by atoms with Crippen molar-refractivity contribution in [2.45, 2.75) is 32.1 Å². The van der Waals surface area contributed by atoms with Crippen molar-refractivity contribution in [3.63, 3.8) is 0 Å². The maximum atomic E-state index is 15.4. The van der Waals surface area contributed by atoms with Crippen molar-refractivity contribution in [1.29, 1.82) is 5.26 Å². The van der Waals surface area contributed by atoms with Gasteiger partial charge in [-0.05, 0) is 66.1 Å². The number of rotatable bonds is 9. The molecule has 3 aromatic carbocycles. The number of nitriles is 1. The summed E-state index contributed by atoms with van der Waals surface area (Å²) >= 11 is 0. The van der Waals surface area contributed by atoms with E-state index in [1.165, 1.54) is 12.1 Å². The van der Waals surface area contributed by atoms with Crippen LogP contribution in [0.4, 0.5) is 4.39 Å². The van der Waals surface area contributed by atoms with Crippen molar-refractivity contribution in [2.24, 2.45) is 0 Å². The lowest BCUT2D eigenvalue weighted by Gasteiger charge is -2.27. The van der Waals surface area contributed by atoms with E-state index in [0.29, 0.717) is 53.6 Å². The molecule has 1 atom stereocenters. The van der Waals surface area contributed by atoms with Crippen molar-refractivity contribution >= 4 is 17.0 Å². The summed E-state index contributed by atoms with van der Waals surface area (Å²) in [7, 11) is 0. The van der Waals surface area contributed by atoms with Crippen LogP contribution in [-0.4, -0.2) is 38.3 Å². The molecule has 8 nitrogen and oxygen atoms in total. The third-order valence-corrected chi connectivity index (χ3v) is 7.12. The van der Waals surface area contributed by atoms with E-state index < -0.39 is 11.8 Å². The van der Waals surface area contributed by atoms with Crippen molar-refractivity contribution in [3.05, 3.63) is 113 Å². The number of benzene rings is 3. The predicted octanol–water partition coefficient (Wildman–Crippen LogP) is 5.77. The quantitative estimate of drug-likeness (QED) is 0.249. The number of pyridine rings is 1. The Kier molecular flexibility index (Phi) is 7.15. The average molecular weight is 549 g/mol. The molecule has 0 aliphatic carbocycles. The minimum absolute atomic E-state index is 0.0382. The van der Waals surface area contributed by atoms with Gasteiger partial charge in [-0.25, -0.2) is 19.2 Å². The third-order valence-electron chi connectivity index (χ3n) is 7.12. The molecule has 1 aliphatic rings. The second kappa shape index (κ2) is 11.2. The molecule has 41 heavy (non-hydrogen) atoms. The van der Waals surface area contributed by atoms with E-state index in [4.69, 9.17) is 19.7 Å². The lowest BCUT2D eigenvalue weighted by Crippen LogP contribution is -2.31. The number of halogens is 1. The van der Waals surface area contributed by atoms with Gasteiger partial charge in [0.05, 0.1) is 46.6 Å². The number of imidazole rings is 1. The fourth-order valence-electron chi connectivity index (χ4n) is 4.81. The average Bonchev–Trinajstić information content (AvgIpc) is 3.30. The van der Waals surface area contributed by atoms with Gasteiger partial charge in [-0.3, -0.25) is 0 Å². The summed E-state index contributed by atoms with van der Waals surface area (Å²) in [6.45, 7) is 1.52. The maximum Gasteiger partial charge on any atom is 0.335 e. The highest BCUT2D eigenvalue weighted by molar-refractivity contribution is 5.92.